The molecule has 1 amide bonds. The van der Waals surface area contributed by atoms with Crippen LogP contribution in [0.4, 0.5) is 0 Å². The number of amides is 1. The van der Waals surface area contributed by atoms with E-state index in [0.717, 1.165) is 44.9 Å². The van der Waals surface area contributed by atoms with Gasteiger partial charge in [-0.15, -0.1) is 0 Å². The first kappa shape index (κ1) is 25.4. The second-order valence-electron chi connectivity index (χ2n) is 6.21. The summed E-state index contributed by atoms with van der Waals surface area (Å²) in [5.74, 6) is 0.00905. The number of carbonyl (C=O) groups is 1. The van der Waals surface area contributed by atoms with Gasteiger partial charge in [-0.05, 0) is 44.9 Å². The molecule has 0 aliphatic heterocycles. The molecule has 0 spiro atoms. The number of nitrogens with one attached hydrogen (secondary N) is 1. The lowest BCUT2D eigenvalue weighted by Crippen LogP contribution is -2.23. The van der Waals surface area contributed by atoms with Crippen LogP contribution in [-0.2, 0) is 4.79 Å². The SMILES string of the molecule is CC/C=C\C/C=C\C/C=C\C/C=C\C/C=C\C/C=C\CCC(=O)NCCC#N. The van der Waals surface area contributed by atoms with Crippen molar-refractivity contribution < 1.29 is 4.79 Å². The molecule has 0 saturated carbocycles. The van der Waals surface area contributed by atoms with Gasteiger partial charge in [0.05, 0.1) is 12.5 Å². The van der Waals surface area contributed by atoms with E-state index in [1.165, 1.54) is 0 Å². The van der Waals surface area contributed by atoms with Crippen molar-refractivity contribution in [1.29, 1.82) is 5.26 Å². The van der Waals surface area contributed by atoms with Crippen LogP contribution in [0.25, 0.3) is 0 Å². The van der Waals surface area contributed by atoms with Gasteiger partial charge in [-0.25, -0.2) is 0 Å². The van der Waals surface area contributed by atoms with Crippen LogP contribution in [0.2, 0.25) is 0 Å². The Kier molecular flexibility index (Phi) is 20.4. The number of allylic oxidation sites excluding steroid dienone is 12. The van der Waals surface area contributed by atoms with Gasteiger partial charge in [-0.3, -0.25) is 4.79 Å². The Labute approximate surface area is 171 Å². The fourth-order valence-corrected chi connectivity index (χ4v) is 2.20. The van der Waals surface area contributed by atoms with Crippen LogP contribution in [0.3, 0.4) is 0 Å². The first-order chi connectivity index (χ1) is 13.8. The molecule has 0 aliphatic carbocycles. The maximum atomic E-state index is 11.4. The molecular weight excluding hydrogens is 344 g/mol. The third kappa shape index (κ3) is 21.4. The Morgan fingerprint density at radius 1 is 0.750 bits per heavy atom. The molecule has 0 bridgehead atoms. The van der Waals surface area contributed by atoms with E-state index in [-0.39, 0.29) is 5.91 Å². The van der Waals surface area contributed by atoms with Gasteiger partial charge in [-0.1, -0.05) is 79.8 Å². The number of rotatable bonds is 16. The van der Waals surface area contributed by atoms with Gasteiger partial charge in [0, 0.05) is 13.0 Å². The molecule has 152 valence electrons. The van der Waals surface area contributed by atoms with Gasteiger partial charge >= 0.3 is 0 Å². The van der Waals surface area contributed by atoms with Crippen molar-refractivity contribution >= 4 is 5.91 Å². The van der Waals surface area contributed by atoms with E-state index in [1.807, 2.05) is 12.1 Å². The standard InChI is InChI=1S/C25H36N2O/c1-2-3-4-5-6-7-8-9-10-11-12-13-14-15-16-17-18-19-20-22-25(28)27-24-21-23-26/h3-4,6-7,9-10,12-13,15-16,18-19H,2,5,8,11,14,17,20-22,24H2,1H3,(H,27,28)/b4-3-,7-6-,10-9-,13-12-,16-15-,19-18-. The summed E-state index contributed by atoms with van der Waals surface area (Å²) in [4.78, 5) is 11.4. The monoisotopic (exact) mass is 380 g/mol. The zero-order valence-corrected chi connectivity index (χ0v) is 17.4. The highest BCUT2D eigenvalue weighted by molar-refractivity contribution is 5.75. The van der Waals surface area contributed by atoms with Crippen molar-refractivity contribution in [2.75, 3.05) is 6.54 Å². The van der Waals surface area contributed by atoms with Crippen LogP contribution in [-0.4, -0.2) is 12.5 Å². The van der Waals surface area contributed by atoms with Crippen molar-refractivity contribution in [2.45, 2.75) is 64.7 Å². The zero-order valence-electron chi connectivity index (χ0n) is 17.4. The summed E-state index contributed by atoms with van der Waals surface area (Å²) in [6.45, 7) is 2.59. The molecular formula is C25H36N2O. The van der Waals surface area contributed by atoms with Crippen molar-refractivity contribution in [2.24, 2.45) is 0 Å². The predicted molar refractivity (Wildman–Crippen MR) is 121 cm³/mol. The third-order valence-corrected chi connectivity index (χ3v) is 3.69. The minimum Gasteiger partial charge on any atom is -0.355 e. The molecule has 1 N–H and O–H groups in total. The first-order valence-electron chi connectivity index (χ1n) is 10.3. The van der Waals surface area contributed by atoms with Crippen LogP contribution >= 0.6 is 0 Å². The average molecular weight is 381 g/mol. The second-order valence-corrected chi connectivity index (χ2v) is 6.21. The molecule has 3 heteroatoms. The maximum Gasteiger partial charge on any atom is 0.220 e. The fourth-order valence-electron chi connectivity index (χ4n) is 2.20. The molecule has 0 unspecified atom stereocenters. The topological polar surface area (TPSA) is 52.9 Å². The highest BCUT2D eigenvalue weighted by atomic mass is 16.1. The smallest absolute Gasteiger partial charge is 0.220 e. The minimum atomic E-state index is 0.00905. The summed E-state index contributed by atoms with van der Waals surface area (Å²) < 4.78 is 0. The molecule has 0 aliphatic rings. The normalized spacial score (nSPS) is 12.4. The molecule has 0 radical (unpaired) electrons. The van der Waals surface area contributed by atoms with Crippen molar-refractivity contribution in [3.63, 3.8) is 0 Å². The lowest BCUT2D eigenvalue weighted by Gasteiger charge is -1.99. The molecule has 0 atom stereocenters. The van der Waals surface area contributed by atoms with Gasteiger partial charge in [0.2, 0.25) is 5.91 Å². The van der Waals surface area contributed by atoms with Gasteiger partial charge < -0.3 is 5.32 Å². The average Bonchev–Trinajstić information content (AvgIpc) is 2.70. The molecule has 28 heavy (non-hydrogen) atoms. The van der Waals surface area contributed by atoms with Crippen molar-refractivity contribution in [1.82, 2.24) is 5.32 Å². The quantitative estimate of drug-likeness (QED) is 0.246. The highest BCUT2D eigenvalue weighted by Gasteiger charge is 1.96. The van der Waals surface area contributed by atoms with Crippen LogP contribution in [0.1, 0.15) is 64.7 Å². The minimum absolute atomic E-state index is 0.00905. The molecule has 0 fully saturated rings. The Morgan fingerprint density at radius 2 is 1.18 bits per heavy atom. The highest BCUT2D eigenvalue weighted by Crippen LogP contribution is 1.97. The number of nitriles is 1. The van der Waals surface area contributed by atoms with E-state index in [9.17, 15) is 4.79 Å². The van der Waals surface area contributed by atoms with Gasteiger partial charge in [0.1, 0.15) is 0 Å². The maximum absolute atomic E-state index is 11.4. The Morgan fingerprint density at radius 3 is 1.61 bits per heavy atom. The molecule has 0 aromatic rings. The largest absolute Gasteiger partial charge is 0.355 e. The summed E-state index contributed by atoms with van der Waals surface area (Å²) >= 11 is 0. The number of hydrogen-bond acceptors (Lipinski definition) is 2. The predicted octanol–water partition coefficient (Wildman–Crippen LogP) is 6.49. The van der Waals surface area contributed by atoms with E-state index in [0.29, 0.717) is 19.4 Å². The fraction of sp³-hybridized carbons (Fsp3) is 0.440. The van der Waals surface area contributed by atoms with Crippen LogP contribution in [0.15, 0.2) is 72.9 Å². The van der Waals surface area contributed by atoms with E-state index in [1.54, 1.807) is 0 Å². The second kappa shape index (κ2) is 22.4. The molecule has 0 aromatic heterocycles. The molecule has 0 heterocycles. The molecule has 0 saturated heterocycles. The van der Waals surface area contributed by atoms with Gasteiger partial charge in [0.25, 0.3) is 0 Å². The van der Waals surface area contributed by atoms with Crippen molar-refractivity contribution in [3.8, 4) is 6.07 Å². The van der Waals surface area contributed by atoms with Crippen LogP contribution < -0.4 is 5.32 Å². The summed E-state index contributed by atoms with van der Waals surface area (Å²) in [7, 11) is 0. The summed E-state index contributed by atoms with van der Waals surface area (Å²) in [6.07, 6.45) is 33.5. The number of carbonyl (C=O) groups excluding carboxylic acids is 1. The molecule has 0 aromatic carbocycles. The van der Waals surface area contributed by atoms with Crippen LogP contribution in [0.5, 0.6) is 0 Å². The van der Waals surface area contributed by atoms with Crippen LogP contribution in [0, 0.1) is 11.3 Å². The van der Waals surface area contributed by atoms with E-state index < -0.39 is 0 Å². The lowest BCUT2D eigenvalue weighted by molar-refractivity contribution is -0.120. The van der Waals surface area contributed by atoms with E-state index >= 15 is 0 Å². The summed E-state index contributed by atoms with van der Waals surface area (Å²) in [6, 6.07) is 2.00. The number of nitrogens with zero attached hydrogens (tertiary/aromatic N) is 1. The van der Waals surface area contributed by atoms with Gasteiger partial charge in [-0.2, -0.15) is 5.26 Å². The van der Waals surface area contributed by atoms with E-state index in [2.05, 4.69) is 79.1 Å². The van der Waals surface area contributed by atoms with E-state index in [4.69, 9.17) is 5.26 Å². The molecule has 0 rings (SSSR count). The van der Waals surface area contributed by atoms with Gasteiger partial charge in [0.15, 0.2) is 0 Å². The Bertz CT molecular complexity index is 586. The third-order valence-electron chi connectivity index (χ3n) is 3.69. The Hall–Kier alpha value is -2.60. The zero-order chi connectivity index (χ0) is 20.5. The summed E-state index contributed by atoms with van der Waals surface area (Å²) in [5.41, 5.74) is 0. The first-order valence-corrected chi connectivity index (χ1v) is 10.3. The number of hydrogen-bond donors (Lipinski definition) is 1. The van der Waals surface area contributed by atoms with Crippen molar-refractivity contribution in [3.05, 3.63) is 72.9 Å². The Balaban J connectivity index is 3.56. The molecule has 3 nitrogen and oxygen atoms in total. The summed E-state index contributed by atoms with van der Waals surface area (Å²) in [5, 5.41) is 11.1. The lowest BCUT2D eigenvalue weighted by atomic mass is 10.2.